The summed E-state index contributed by atoms with van der Waals surface area (Å²) < 4.78 is 19.2. The summed E-state index contributed by atoms with van der Waals surface area (Å²) in [5.74, 6) is 0.393. The van der Waals surface area contributed by atoms with E-state index in [0.717, 1.165) is 11.1 Å². The third kappa shape index (κ3) is 3.11. The maximum absolute atomic E-state index is 13.6. The SMILES string of the molecule is CNC(c1cncc(OC)c1)c1ccc(Br)c(F)c1. The van der Waals surface area contributed by atoms with Crippen LogP contribution in [0.1, 0.15) is 17.2 Å². The third-order valence-electron chi connectivity index (χ3n) is 2.87. The number of nitrogens with zero attached hydrogens (tertiary/aromatic N) is 1. The number of methoxy groups -OCH3 is 1. The fourth-order valence-corrected chi connectivity index (χ4v) is 2.17. The Kier molecular flexibility index (Phi) is 4.50. The summed E-state index contributed by atoms with van der Waals surface area (Å²) in [6.45, 7) is 0. The van der Waals surface area contributed by atoms with E-state index in [-0.39, 0.29) is 11.9 Å². The molecule has 100 valence electrons. The van der Waals surface area contributed by atoms with Crippen LogP contribution >= 0.6 is 15.9 Å². The van der Waals surface area contributed by atoms with Crippen molar-refractivity contribution in [2.75, 3.05) is 14.2 Å². The van der Waals surface area contributed by atoms with Crippen molar-refractivity contribution in [3.05, 3.63) is 58.1 Å². The standard InChI is InChI=1S/C14H14BrFN2O/c1-17-14(9-3-4-12(15)13(16)6-9)10-5-11(19-2)8-18-7-10/h3-8,14,17H,1-2H3. The van der Waals surface area contributed by atoms with Gasteiger partial charge in [-0.15, -0.1) is 0 Å². The van der Waals surface area contributed by atoms with Gasteiger partial charge >= 0.3 is 0 Å². The van der Waals surface area contributed by atoms with E-state index in [9.17, 15) is 4.39 Å². The molecule has 0 aliphatic heterocycles. The van der Waals surface area contributed by atoms with Crippen molar-refractivity contribution in [1.82, 2.24) is 10.3 Å². The molecular weight excluding hydrogens is 311 g/mol. The minimum atomic E-state index is -0.284. The molecule has 19 heavy (non-hydrogen) atoms. The van der Waals surface area contributed by atoms with E-state index in [0.29, 0.717) is 10.2 Å². The number of pyridine rings is 1. The lowest BCUT2D eigenvalue weighted by Gasteiger charge is -2.17. The zero-order chi connectivity index (χ0) is 13.8. The van der Waals surface area contributed by atoms with Crippen molar-refractivity contribution in [1.29, 1.82) is 0 Å². The zero-order valence-electron chi connectivity index (χ0n) is 10.7. The summed E-state index contributed by atoms with van der Waals surface area (Å²) in [7, 11) is 3.42. The molecule has 0 saturated carbocycles. The molecule has 0 radical (unpaired) electrons. The minimum Gasteiger partial charge on any atom is -0.495 e. The number of aromatic nitrogens is 1. The molecule has 1 unspecified atom stereocenters. The molecule has 0 fully saturated rings. The molecule has 0 bridgehead atoms. The first-order valence-electron chi connectivity index (χ1n) is 5.77. The maximum atomic E-state index is 13.6. The van der Waals surface area contributed by atoms with E-state index in [2.05, 4.69) is 26.2 Å². The zero-order valence-corrected chi connectivity index (χ0v) is 12.2. The normalized spacial score (nSPS) is 12.2. The van der Waals surface area contributed by atoms with Crippen LogP contribution in [0.3, 0.4) is 0 Å². The summed E-state index contributed by atoms with van der Waals surface area (Å²) in [6, 6.07) is 6.82. The first-order chi connectivity index (χ1) is 9.15. The van der Waals surface area contributed by atoms with Gasteiger partial charge in [-0.2, -0.15) is 0 Å². The lowest BCUT2D eigenvalue weighted by molar-refractivity contribution is 0.411. The Bertz CT molecular complexity index is 577. The molecule has 1 aromatic heterocycles. The van der Waals surface area contributed by atoms with Crippen LogP contribution in [0.2, 0.25) is 0 Å². The summed E-state index contributed by atoms with van der Waals surface area (Å²) in [5.41, 5.74) is 1.75. The van der Waals surface area contributed by atoms with Crippen LogP contribution in [-0.4, -0.2) is 19.1 Å². The van der Waals surface area contributed by atoms with Gasteiger partial charge in [0.1, 0.15) is 11.6 Å². The van der Waals surface area contributed by atoms with Crippen molar-refractivity contribution < 1.29 is 9.13 Å². The van der Waals surface area contributed by atoms with Gasteiger partial charge in [0.05, 0.1) is 23.8 Å². The lowest BCUT2D eigenvalue weighted by Crippen LogP contribution is -2.18. The van der Waals surface area contributed by atoms with Gasteiger partial charge < -0.3 is 10.1 Å². The Hall–Kier alpha value is -1.46. The van der Waals surface area contributed by atoms with E-state index >= 15 is 0 Å². The lowest BCUT2D eigenvalue weighted by atomic mass is 10.0. The molecule has 1 atom stereocenters. The highest BCUT2D eigenvalue weighted by Gasteiger charge is 2.14. The highest BCUT2D eigenvalue weighted by molar-refractivity contribution is 9.10. The first kappa shape index (κ1) is 14.0. The van der Waals surface area contributed by atoms with E-state index < -0.39 is 0 Å². The number of hydrogen-bond acceptors (Lipinski definition) is 3. The van der Waals surface area contributed by atoms with Gasteiger partial charge in [-0.1, -0.05) is 6.07 Å². The molecule has 1 N–H and O–H groups in total. The molecular formula is C14H14BrFN2O. The fraction of sp³-hybridized carbons (Fsp3) is 0.214. The molecule has 1 heterocycles. The molecule has 0 amide bonds. The molecule has 3 nitrogen and oxygen atoms in total. The second kappa shape index (κ2) is 6.12. The summed E-state index contributed by atoms with van der Waals surface area (Å²) in [4.78, 5) is 4.12. The topological polar surface area (TPSA) is 34.2 Å². The molecule has 2 aromatic rings. The van der Waals surface area contributed by atoms with Gasteiger partial charge in [0.2, 0.25) is 0 Å². The van der Waals surface area contributed by atoms with Crippen molar-refractivity contribution >= 4 is 15.9 Å². The second-order valence-corrected chi connectivity index (χ2v) is 4.91. The number of hydrogen-bond donors (Lipinski definition) is 1. The number of halogens is 2. The molecule has 5 heteroatoms. The van der Waals surface area contributed by atoms with Crippen molar-refractivity contribution in [2.24, 2.45) is 0 Å². The van der Waals surface area contributed by atoms with Crippen LogP contribution in [0.5, 0.6) is 5.75 Å². The second-order valence-electron chi connectivity index (χ2n) is 4.05. The maximum Gasteiger partial charge on any atom is 0.137 e. The minimum absolute atomic E-state index is 0.134. The quantitative estimate of drug-likeness (QED) is 0.937. The smallest absolute Gasteiger partial charge is 0.137 e. The Morgan fingerprint density at radius 2 is 2.05 bits per heavy atom. The Balaban J connectivity index is 2.40. The summed E-state index contributed by atoms with van der Waals surface area (Å²) in [6.07, 6.45) is 3.38. The molecule has 0 aliphatic rings. The van der Waals surface area contributed by atoms with Crippen LogP contribution in [0.4, 0.5) is 4.39 Å². The predicted molar refractivity (Wildman–Crippen MR) is 75.8 cm³/mol. The first-order valence-corrected chi connectivity index (χ1v) is 6.56. The van der Waals surface area contributed by atoms with E-state index in [4.69, 9.17) is 4.74 Å². The van der Waals surface area contributed by atoms with Crippen molar-refractivity contribution in [2.45, 2.75) is 6.04 Å². The highest BCUT2D eigenvalue weighted by atomic mass is 79.9. The van der Waals surface area contributed by atoms with Crippen molar-refractivity contribution in [3.63, 3.8) is 0 Å². The Morgan fingerprint density at radius 1 is 1.26 bits per heavy atom. The Labute approximate surface area is 119 Å². The van der Waals surface area contributed by atoms with Crippen molar-refractivity contribution in [3.8, 4) is 5.75 Å². The van der Waals surface area contributed by atoms with Crippen LogP contribution in [-0.2, 0) is 0 Å². The average molecular weight is 325 g/mol. The molecule has 0 spiro atoms. The van der Waals surface area contributed by atoms with Crippen LogP contribution < -0.4 is 10.1 Å². The monoisotopic (exact) mass is 324 g/mol. The third-order valence-corrected chi connectivity index (χ3v) is 3.51. The number of nitrogens with one attached hydrogen (secondary N) is 1. The van der Waals surface area contributed by atoms with E-state index in [1.54, 1.807) is 25.6 Å². The van der Waals surface area contributed by atoms with Gasteiger partial charge in [0.15, 0.2) is 0 Å². The van der Waals surface area contributed by atoms with Crippen LogP contribution in [0.15, 0.2) is 41.1 Å². The predicted octanol–water partition coefficient (Wildman–Crippen LogP) is 3.30. The Morgan fingerprint density at radius 3 is 2.68 bits per heavy atom. The largest absolute Gasteiger partial charge is 0.495 e. The average Bonchev–Trinajstić information content (AvgIpc) is 2.44. The molecule has 0 saturated heterocycles. The van der Waals surface area contributed by atoms with E-state index in [1.165, 1.54) is 6.07 Å². The van der Waals surface area contributed by atoms with Gasteiger partial charge in [-0.05, 0) is 52.3 Å². The fourth-order valence-electron chi connectivity index (χ4n) is 1.92. The van der Waals surface area contributed by atoms with Crippen LogP contribution in [0.25, 0.3) is 0 Å². The summed E-state index contributed by atoms with van der Waals surface area (Å²) in [5, 5.41) is 3.16. The van der Waals surface area contributed by atoms with Gasteiger partial charge in [-0.25, -0.2) is 4.39 Å². The van der Waals surface area contributed by atoms with Gasteiger partial charge in [0.25, 0.3) is 0 Å². The summed E-state index contributed by atoms with van der Waals surface area (Å²) >= 11 is 3.15. The number of benzene rings is 1. The highest BCUT2D eigenvalue weighted by Crippen LogP contribution is 2.26. The molecule has 1 aromatic carbocycles. The van der Waals surface area contributed by atoms with Crippen LogP contribution in [0, 0.1) is 5.82 Å². The molecule has 0 aliphatic carbocycles. The number of rotatable bonds is 4. The van der Waals surface area contributed by atoms with E-state index in [1.807, 2.05) is 19.2 Å². The van der Waals surface area contributed by atoms with Gasteiger partial charge in [0, 0.05) is 6.20 Å². The molecule has 2 rings (SSSR count). The van der Waals surface area contributed by atoms with Gasteiger partial charge in [-0.3, -0.25) is 4.98 Å². The number of ether oxygens (including phenoxy) is 1.